The van der Waals surface area contributed by atoms with Crippen LogP contribution in [0.5, 0.6) is 0 Å². The number of hydrogen-bond acceptors (Lipinski definition) is 4. The van der Waals surface area contributed by atoms with E-state index in [1.807, 2.05) is 6.07 Å². The number of halogens is 2. The topological polar surface area (TPSA) is 74.2 Å². The minimum Gasteiger partial charge on any atom is -0.384 e. The highest BCUT2D eigenvalue weighted by atomic mass is 19.3. The Balaban J connectivity index is 2.23. The lowest BCUT2D eigenvalue weighted by atomic mass is 10.1. The van der Waals surface area contributed by atoms with Crippen molar-refractivity contribution in [3.05, 3.63) is 23.9 Å². The van der Waals surface area contributed by atoms with Crippen LogP contribution in [0, 0.1) is 0 Å². The van der Waals surface area contributed by atoms with E-state index in [-0.39, 0.29) is 12.6 Å². The molecule has 0 spiro atoms. The van der Waals surface area contributed by atoms with Gasteiger partial charge in [-0.25, -0.2) is 13.8 Å². The first kappa shape index (κ1) is 13.8. The summed E-state index contributed by atoms with van der Waals surface area (Å²) in [6.07, 6.45) is 0.357. The molecule has 0 aromatic carbocycles. The van der Waals surface area contributed by atoms with Crippen LogP contribution in [0.3, 0.4) is 0 Å². The molecular weight excluding hydrogens is 228 g/mol. The van der Waals surface area contributed by atoms with Crippen LogP contribution >= 0.6 is 0 Å². The minimum absolute atomic E-state index is 0.130. The predicted molar refractivity (Wildman–Crippen MR) is 61.8 cm³/mol. The summed E-state index contributed by atoms with van der Waals surface area (Å²) in [5.41, 5.74) is 12.4. The Morgan fingerprint density at radius 3 is 2.82 bits per heavy atom. The van der Waals surface area contributed by atoms with E-state index in [9.17, 15) is 8.78 Å². The first-order valence-corrected chi connectivity index (χ1v) is 5.40. The van der Waals surface area contributed by atoms with Crippen molar-refractivity contribution in [1.29, 1.82) is 0 Å². The molecule has 0 saturated carbocycles. The quantitative estimate of drug-likeness (QED) is 0.708. The number of rotatable bonds is 7. The van der Waals surface area contributed by atoms with Gasteiger partial charge in [-0.05, 0) is 30.5 Å². The number of aromatic nitrogens is 1. The molecule has 0 aliphatic carbocycles. The largest absolute Gasteiger partial charge is 0.384 e. The van der Waals surface area contributed by atoms with E-state index < -0.39 is 13.0 Å². The van der Waals surface area contributed by atoms with Crippen LogP contribution in [0.25, 0.3) is 0 Å². The highest BCUT2D eigenvalue weighted by Crippen LogP contribution is 2.07. The monoisotopic (exact) mass is 245 g/mol. The summed E-state index contributed by atoms with van der Waals surface area (Å²) >= 11 is 0. The Morgan fingerprint density at radius 2 is 2.18 bits per heavy atom. The molecule has 6 heteroatoms. The lowest BCUT2D eigenvalue weighted by Gasteiger charge is -2.12. The van der Waals surface area contributed by atoms with Crippen LogP contribution in [-0.4, -0.2) is 30.7 Å². The zero-order chi connectivity index (χ0) is 12.7. The maximum atomic E-state index is 11.8. The highest BCUT2D eigenvalue weighted by molar-refractivity contribution is 5.32. The number of ether oxygens (including phenoxy) is 1. The molecule has 0 aliphatic heterocycles. The normalized spacial score (nSPS) is 12.9. The standard InChI is InChI=1S/C11H17F2N3O/c12-10(13)7-17-4-2-9(14)5-8-1-3-16-11(15)6-8/h1,3,6,9-10H,2,4-5,7,14H2,(H2,15,16). The van der Waals surface area contributed by atoms with Gasteiger partial charge in [0, 0.05) is 18.8 Å². The number of alkyl halides is 2. The molecule has 0 amide bonds. The molecule has 1 atom stereocenters. The fourth-order valence-electron chi connectivity index (χ4n) is 1.43. The van der Waals surface area contributed by atoms with E-state index in [0.717, 1.165) is 5.56 Å². The van der Waals surface area contributed by atoms with Crippen molar-refractivity contribution in [2.45, 2.75) is 25.3 Å². The van der Waals surface area contributed by atoms with Gasteiger partial charge in [-0.2, -0.15) is 0 Å². The zero-order valence-electron chi connectivity index (χ0n) is 9.48. The summed E-state index contributed by atoms with van der Waals surface area (Å²) in [4.78, 5) is 3.87. The van der Waals surface area contributed by atoms with Gasteiger partial charge in [-0.15, -0.1) is 0 Å². The third kappa shape index (κ3) is 6.13. The number of nitrogens with zero attached hydrogens (tertiary/aromatic N) is 1. The van der Waals surface area contributed by atoms with E-state index in [2.05, 4.69) is 4.98 Å². The van der Waals surface area contributed by atoms with Crippen molar-refractivity contribution in [3.8, 4) is 0 Å². The van der Waals surface area contributed by atoms with E-state index in [0.29, 0.717) is 18.7 Å². The van der Waals surface area contributed by atoms with Crippen LogP contribution in [0.2, 0.25) is 0 Å². The molecule has 1 unspecified atom stereocenters. The fourth-order valence-corrected chi connectivity index (χ4v) is 1.43. The van der Waals surface area contributed by atoms with E-state index in [1.165, 1.54) is 0 Å². The van der Waals surface area contributed by atoms with E-state index in [4.69, 9.17) is 16.2 Å². The molecule has 1 rings (SSSR count). The number of anilines is 1. The van der Waals surface area contributed by atoms with Crippen molar-refractivity contribution in [2.75, 3.05) is 18.9 Å². The lowest BCUT2D eigenvalue weighted by Crippen LogP contribution is -2.25. The molecule has 0 saturated heterocycles. The number of nitrogen functional groups attached to an aromatic ring is 1. The molecule has 17 heavy (non-hydrogen) atoms. The van der Waals surface area contributed by atoms with Gasteiger partial charge in [0.25, 0.3) is 6.43 Å². The molecule has 4 nitrogen and oxygen atoms in total. The number of nitrogens with two attached hydrogens (primary N) is 2. The summed E-state index contributed by atoms with van der Waals surface area (Å²) < 4.78 is 28.3. The van der Waals surface area contributed by atoms with Crippen molar-refractivity contribution < 1.29 is 13.5 Å². The zero-order valence-corrected chi connectivity index (χ0v) is 9.48. The smallest absolute Gasteiger partial charge is 0.261 e. The van der Waals surface area contributed by atoms with Crippen LogP contribution in [0.1, 0.15) is 12.0 Å². The van der Waals surface area contributed by atoms with Crippen molar-refractivity contribution in [3.63, 3.8) is 0 Å². The summed E-state index contributed by atoms with van der Waals surface area (Å²) in [5.74, 6) is 0.448. The third-order valence-corrected chi connectivity index (χ3v) is 2.22. The third-order valence-electron chi connectivity index (χ3n) is 2.22. The molecule has 0 fully saturated rings. The van der Waals surface area contributed by atoms with Gasteiger partial charge in [0.2, 0.25) is 0 Å². The second-order valence-corrected chi connectivity index (χ2v) is 3.81. The van der Waals surface area contributed by atoms with Gasteiger partial charge in [-0.1, -0.05) is 0 Å². The van der Waals surface area contributed by atoms with Gasteiger partial charge in [-0.3, -0.25) is 0 Å². The van der Waals surface area contributed by atoms with Crippen LogP contribution in [0.4, 0.5) is 14.6 Å². The van der Waals surface area contributed by atoms with Crippen molar-refractivity contribution >= 4 is 5.82 Å². The summed E-state index contributed by atoms with van der Waals surface area (Å²) in [6, 6.07) is 3.45. The first-order chi connectivity index (χ1) is 8.08. The maximum absolute atomic E-state index is 11.8. The van der Waals surface area contributed by atoms with Gasteiger partial charge >= 0.3 is 0 Å². The molecule has 1 heterocycles. The Morgan fingerprint density at radius 1 is 1.41 bits per heavy atom. The van der Waals surface area contributed by atoms with Gasteiger partial charge in [0.05, 0.1) is 0 Å². The number of pyridine rings is 1. The van der Waals surface area contributed by atoms with Crippen LogP contribution in [-0.2, 0) is 11.2 Å². The van der Waals surface area contributed by atoms with Gasteiger partial charge < -0.3 is 16.2 Å². The van der Waals surface area contributed by atoms with Gasteiger partial charge in [0.15, 0.2) is 0 Å². The Hall–Kier alpha value is -1.27. The van der Waals surface area contributed by atoms with Crippen molar-refractivity contribution in [1.82, 2.24) is 4.98 Å². The fraction of sp³-hybridized carbons (Fsp3) is 0.545. The SMILES string of the molecule is Nc1cc(CC(N)CCOCC(F)F)ccn1. The maximum Gasteiger partial charge on any atom is 0.261 e. The molecule has 1 aromatic rings. The molecule has 0 radical (unpaired) electrons. The predicted octanol–water partition coefficient (Wildman–Crippen LogP) is 1.21. The Bertz CT molecular complexity index is 336. The van der Waals surface area contributed by atoms with Crippen LogP contribution < -0.4 is 11.5 Å². The molecular formula is C11H17F2N3O. The lowest BCUT2D eigenvalue weighted by molar-refractivity contribution is 0.0153. The number of hydrogen-bond donors (Lipinski definition) is 2. The minimum atomic E-state index is -2.42. The average Bonchev–Trinajstić information content (AvgIpc) is 2.24. The molecule has 0 aliphatic rings. The summed E-state index contributed by atoms with van der Waals surface area (Å²) in [7, 11) is 0. The van der Waals surface area contributed by atoms with E-state index >= 15 is 0 Å². The van der Waals surface area contributed by atoms with E-state index in [1.54, 1.807) is 12.3 Å². The highest BCUT2D eigenvalue weighted by Gasteiger charge is 2.06. The second-order valence-electron chi connectivity index (χ2n) is 3.81. The molecule has 4 N–H and O–H groups in total. The summed E-state index contributed by atoms with van der Waals surface area (Å²) in [5, 5.41) is 0. The summed E-state index contributed by atoms with van der Waals surface area (Å²) in [6.45, 7) is -0.291. The van der Waals surface area contributed by atoms with Gasteiger partial charge in [0.1, 0.15) is 12.4 Å². The molecule has 96 valence electrons. The second kappa shape index (κ2) is 7.13. The molecule has 0 bridgehead atoms. The van der Waals surface area contributed by atoms with Crippen LogP contribution in [0.15, 0.2) is 18.3 Å². The van der Waals surface area contributed by atoms with Crippen molar-refractivity contribution in [2.24, 2.45) is 5.73 Å². The Kier molecular flexibility index (Phi) is 5.79. The Labute approximate surface area is 99.0 Å². The molecule has 1 aromatic heterocycles. The first-order valence-electron chi connectivity index (χ1n) is 5.40. The average molecular weight is 245 g/mol.